The summed E-state index contributed by atoms with van der Waals surface area (Å²) in [5, 5.41) is 31.3. The fraction of sp³-hybridized carbons (Fsp3) is 0.500. The van der Waals surface area contributed by atoms with Gasteiger partial charge < -0.3 is 26.6 Å². The van der Waals surface area contributed by atoms with E-state index in [2.05, 4.69) is 20.8 Å². The topological polar surface area (TPSA) is 205 Å². The Morgan fingerprint density at radius 1 is 1.38 bits per heavy atom. The Morgan fingerprint density at radius 2 is 2.12 bits per heavy atom. The number of nitrogens with two attached hydrogens (primary N) is 1. The van der Waals surface area contributed by atoms with E-state index in [0.717, 1.165) is 9.91 Å². The van der Waals surface area contributed by atoms with Crippen LogP contribution in [-0.2, 0) is 24.0 Å². The lowest BCUT2D eigenvalue weighted by molar-refractivity contribution is -0.162. The summed E-state index contributed by atoms with van der Waals surface area (Å²) in [5.41, 5.74) is 3.94. The van der Waals surface area contributed by atoms with Crippen molar-refractivity contribution in [3.05, 3.63) is 16.3 Å². The number of thioether (sulfide) groups is 2. The van der Waals surface area contributed by atoms with Crippen molar-refractivity contribution < 1.29 is 34.2 Å². The zero-order chi connectivity index (χ0) is 25.0. The van der Waals surface area contributed by atoms with Crippen LogP contribution in [0.5, 0.6) is 0 Å². The van der Waals surface area contributed by atoms with Crippen molar-refractivity contribution in [2.45, 2.75) is 47.6 Å². The third-order valence-corrected chi connectivity index (χ3v) is 8.55. The summed E-state index contributed by atoms with van der Waals surface area (Å²) in [4.78, 5) is 60.7. The Morgan fingerprint density at radius 3 is 2.71 bits per heavy atom. The van der Waals surface area contributed by atoms with E-state index in [-0.39, 0.29) is 42.9 Å². The highest BCUT2D eigenvalue weighted by Crippen LogP contribution is 2.45. The number of nitrogens with zero attached hydrogens (tertiary/aromatic N) is 3. The number of carboxylic acid groups (broad SMARTS) is 2. The van der Waals surface area contributed by atoms with Crippen molar-refractivity contribution in [3.8, 4) is 0 Å². The second-order valence-electron chi connectivity index (χ2n) is 7.43. The van der Waals surface area contributed by atoms with E-state index in [0.29, 0.717) is 9.91 Å². The van der Waals surface area contributed by atoms with Crippen molar-refractivity contribution in [1.29, 1.82) is 0 Å². The minimum atomic E-state index is -1.80. The first-order valence-electron chi connectivity index (χ1n) is 9.95. The van der Waals surface area contributed by atoms with E-state index in [9.17, 15) is 29.1 Å². The van der Waals surface area contributed by atoms with Crippen LogP contribution in [0.3, 0.4) is 0 Å². The number of aromatic nitrogens is 2. The summed E-state index contributed by atoms with van der Waals surface area (Å²) in [6, 6.07) is -1.12. The molecule has 2 aliphatic heterocycles. The van der Waals surface area contributed by atoms with Crippen LogP contribution in [0.2, 0.25) is 0 Å². The highest BCUT2D eigenvalue weighted by Gasteiger charge is 2.65. The van der Waals surface area contributed by atoms with E-state index in [4.69, 9.17) is 10.8 Å². The number of fused-ring (bicyclic) bond motifs is 1. The molecule has 184 valence electrons. The number of carbonyl (C=O) groups is 5. The highest BCUT2D eigenvalue weighted by molar-refractivity contribution is 8.01. The van der Waals surface area contributed by atoms with Gasteiger partial charge in [-0.15, -0.1) is 22.0 Å². The van der Waals surface area contributed by atoms with Crippen LogP contribution in [0.1, 0.15) is 24.3 Å². The standard InChI is InChI=1S/C18H22N6O7S3/c1-8-22-23-17(34-8)33-6-9-5-32-16-18(20-7-25,15(31)24(16)12(9)14(29)30)21-11(26)4-2-3-10(19)13(27)28/h7,10,16H,2-6,19H2,1H3,(H,20,25)(H,21,26)(H,27,28)(H,29,30). The minimum absolute atomic E-state index is 0.0518. The van der Waals surface area contributed by atoms with Crippen LogP contribution in [0.25, 0.3) is 0 Å². The Labute approximate surface area is 205 Å². The molecule has 13 nitrogen and oxygen atoms in total. The first-order valence-corrected chi connectivity index (χ1v) is 12.8. The molecule has 3 heterocycles. The summed E-state index contributed by atoms with van der Waals surface area (Å²) in [6.45, 7) is 1.80. The smallest absolute Gasteiger partial charge is 0.352 e. The molecule has 0 saturated carbocycles. The summed E-state index contributed by atoms with van der Waals surface area (Å²) in [7, 11) is 0. The number of hydrogen-bond donors (Lipinski definition) is 5. The van der Waals surface area contributed by atoms with Gasteiger partial charge in [0, 0.05) is 17.9 Å². The van der Waals surface area contributed by atoms with E-state index in [1.54, 1.807) is 6.92 Å². The van der Waals surface area contributed by atoms with Gasteiger partial charge in [-0.05, 0) is 25.3 Å². The van der Waals surface area contributed by atoms with Gasteiger partial charge in [0.2, 0.25) is 18.0 Å². The second-order valence-corrected chi connectivity index (χ2v) is 10.9. The molecule has 0 spiro atoms. The Balaban J connectivity index is 1.73. The zero-order valence-electron chi connectivity index (χ0n) is 17.8. The Hall–Kier alpha value is -2.69. The number of amides is 3. The molecule has 0 aliphatic carbocycles. The van der Waals surface area contributed by atoms with Crippen LogP contribution < -0.4 is 16.4 Å². The summed E-state index contributed by atoms with van der Waals surface area (Å²) < 4.78 is 0.670. The number of aliphatic carboxylic acids is 2. The molecule has 1 saturated heterocycles. The molecule has 6 N–H and O–H groups in total. The van der Waals surface area contributed by atoms with Crippen LogP contribution in [0.15, 0.2) is 15.6 Å². The molecular weight excluding hydrogens is 508 g/mol. The van der Waals surface area contributed by atoms with Crippen LogP contribution in [0, 0.1) is 6.92 Å². The Bertz CT molecular complexity index is 1050. The predicted octanol–water partition coefficient (Wildman–Crippen LogP) is -0.667. The number of nitrogens with one attached hydrogen (secondary N) is 2. The van der Waals surface area contributed by atoms with E-state index < -0.39 is 40.8 Å². The number of hydrogen-bond acceptors (Lipinski definition) is 11. The molecule has 1 aromatic heterocycles. The summed E-state index contributed by atoms with van der Waals surface area (Å²) in [6.07, 6.45) is 0.345. The van der Waals surface area contributed by atoms with Gasteiger partial charge in [0.15, 0.2) is 4.34 Å². The molecule has 34 heavy (non-hydrogen) atoms. The lowest BCUT2D eigenvalue weighted by atomic mass is 9.94. The quantitative estimate of drug-likeness (QED) is 0.0988. The first-order chi connectivity index (χ1) is 16.1. The normalized spacial score (nSPS) is 22.5. The van der Waals surface area contributed by atoms with Gasteiger partial charge in [-0.1, -0.05) is 23.1 Å². The average Bonchev–Trinajstić information content (AvgIpc) is 3.21. The fourth-order valence-electron chi connectivity index (χ4n) is 3.48. The molecule has 0 aromatic carbocycles. The van der Waals surface area contributed by atoms with Crippen molar-refractivity contribution >= 4 is 65.0 Å². The van der Waals surface area contributed by atoms with Crippen molar-refractivity contribution in [3.63, 3.8) is 0 Å². The Kier molecular flexibility index (Phi) is 8.17. The maximum absolute atomic E-state index is 13.1. The van der Waals surface area contributed by atoms with E-state index in [1.807, 2.05) is 0 Å². The molecule has 1 fully saturated rings. The van der Waals surface area contributed by atoms with Crippen LogP contribution >= 0.6 is 34.9 Å². The zero-order valence-corrected chi connectivity index (χ0v) is 20.3. The number of carboxylic acids is 2. The fourth-order valence-corrected chi connectivity index (χ4v) is 6.86. The predicted molar refractivity (Wildman–Crippen MR) is 123 cm³/mol. The average molecular weight is 531 g/mol. The van der Waals surface area contributed by atoms with Gasteiger partial charge >= 0.3 is 11.9 Å². The van der Waals surface area contributed by atoms with Gasteiger partial charge in [0.1, 0.15) is 22.1 Å². The number of rotatable bonds is 12. The third-order valence-electron chi connectivity index (χ3n) is 5.09. The second kappa shape index (κ2) is 10.7. The van der Waals surface area contributed by atoms with Gasteiger partial charge in [-0.2, -0.15) is 0 Å². The number of β-lactam (4-membered cyclic amide) rings is 1. The largest absolute Gasteiger partial charge is 0.480 e. The first kappa shape index (κ1) is 25.9. The maximum atomic E-state index is 13.1. The van der Waals surface area contributed by atoms with Gasteiger partial charge in [-0.25, -0.2) is 4.79 Å². The molecule has 3 rings (SSSR count). The number of aryl methyl sites for hydroxylation is 1. The lowest BCUT2D eigenvalue weighted by Crippen LogP contribution is -2.85. The van der Waals surface area contributed by atoms with E-state index in [1.165, 1.54) is 34.9 Å². The van der Waals surface area contributed by atoms with Gasteiger partial charge in [-0.3, -0.25) is 24.1 Å². The SMILES string of the molecule is Cc1nnc(SCC2=C(C(=O)O)N3C(=O)C(NC=O)(NC(=O)CCCC(N)C(=O)O)C3SC2)s1. The number of carbonyl (C=O) groups excluding carboxylic acids is 3. The summed E-state index contributed by atoms with van der Waals surface area (Å²) >= 11 is 3.89. The highest BCUT2D eigenvalue weighted by atomic mass is 32.2. The molecule has 3 atom stereocenters. The van der Waals surface area contributed by atoms with Crippen LogP contribution in [-0.4, -0.2) is 84.1 Å². The molecule has 3 unspecified atom stereocenters. The molecule has 2 aliphatic rings. The molecule has 16 heteroatoms. The maximum Gasteiger partial charge on any atom is 0.352 e. The molecule has 0 radical (unpaired) electrons. The van der Waals surface area contributed by atoms with Gasteiger partial charge in [0.25, 0.3) is 5.91 Å². The third kappa shape index (κ3) is 5.18. The van der Waals surface area contributed by atoms with Gasteiger partial charge in [0.05, 0.1) is 0 Å². The van der Waals surface area contributed by atoms with Crippen molar-refractivity contribution in [2.24, 2.45) is 5.73 Å². The van der Waals surface area contributed by atoms with Crippen LogP contribution in [0.4, 0.5) is 0 Å². The molecule has 1 aromatic rings. The molecule has 3 amide bonds. The molecular formula is C18H22N6O7S3. The summed E-state index contributed by atoms with van der Waals surface area (Å²) in [5.74, 6) is -3.33. The molecule has 0 bridgehead atoms. The van der Waals surface area contributed by atoms with E-state index >= 15 is 0 Å². The monoisotopic (exact) mass is 530 g/mol. The minimum Gasteiger partial charge on any atom is -0.480 e. The van der Waals surface area contributed by atoms with Crippen molar-refractivity contribution in [2.75, 3.05) is 11.5 Å². The lowest BCUT2D eigenvalue weighted by Gasteiger charge is -2.56. The van der Waals surface area contributed by atoms with Crippen molar-refractivity contribution in [1.82, 2.24) is 25.7 Å².